The van der Waals surface area contributed by atoms with Gasteiger partial charge in [0.25, 0.3) is 11.8 Å². The van der Waals surface area contributed by atoms with Gasteiger partial charge in [0.2, 0.25) is 0 Å². The molecular formula is C44H52ClFN2O8. The molecule has 2 aliphatic carbocycles. The van der Waals surface area contributed by atoms with Crippen molar-refractivity contribution < 1.29 is 43.4 Å². The highest BCUT2D eigenvalue weighted by Crippen LogP contribution is 2.30. The smallest absolute Gasteiger partial charge is 0.251 e. The number of carbonyl (C=O) groups is 6. The van der Waals surface area contributed by atoms with Crippen LogP contribution in [0.5, 0.6) is 0 Å². The normalized spacial score (nSPS) is 17.1. The van der Waals surface area contributed by atoms with Crippen molar-refractivity contribution in [3.8, 4) is 0 Å². The number of aliphatic hydroxyl groups is 2. The van der Waals surface area contributed by atoms with Gasteiger partial charge in [-0.25, -0.2) is 4.39 Å². The summed E-state index contributed by atoms with van der Waals surface area (Å²) in [6, 6.07) is 13.3. The van der Waals surface area contributed by atoms with Gasteiger partial charge in [-0.2, -0.15) is 0 Å². The van der Waals surface area contributed by atoms with Gasteiger partial charge in [0.1, 0.15) is 17.0 Å². The van der Waals surface area contributed by atoms with Gasteiger partial charge >= 0.3 is 0 Å². The molecule has 0 aromatic heterocycles. The minimum absolute atomic E-state index is 0.0212. The number of Topliss-reactive ketones (excluding diaryl/α,β-unsaturated/α-hetero) is 4. The highest BCUT2D eigenvalue weighted by atomic mass is 35.5. The Morgan fingerprint density at radius 3 is 1.41 bits per heavy atom. The van der Waals surface area contributed by atoms with Crippen LogP contribution in [0.25, 0.3) is 0 Å². The van der Waals surface area contributed by atoms with E-state index in [9.17, 15) is 43.4 Å². The first-order valence-electron chi connectivity index (χ1n) is 18.5. The summed E-state index contributed by atoms with van der Waals surface area (Å²) >= 11 is 6.10. The monoisotopic (exact) mass is 790 g/mol. The number of nitrogens with one attached hydrogen (secondary N) is 2. The molecular weight excluding hydrogens is 739 g/mol. The van der Waals surface area contributed by atoms with Crippen molar-refractivity contribution in [1.29, 1.82) is 0 Å². The first kappa shape index (κ1) is 45.5. The van der Waals surface area contributed by atoms with E-state index in [1.165, 1.54) is 26.0 Å². The third-order valence-electron chi connectivity index (χ3n) is 10.6. The van der Waals surface area contributed by atoms with E-state index in [1.807, 2.05) is 18.2 Å². The van der Waals surface area contributed by atoms with Crippen LogP contribution in [0.1, 0.15) is 92.2 Å². The van der Waals surface area contributed by atoms with Gasteiger partial charge in [-0.15, -0.1) is 0 Å². The summed E-state index contributed by atoms with van der Waals surface area (Å²) in [6.07, 6.45) is 1.41. The molecule has 300 valence electrons. The molecule has 0 radical (unpaired) electrons. The van der Waals surface area contributed by atoms with Crippen LogP contribution >= 0.6 is 11.6 Å². The van der Waals surface area contributed by atoms with Gasteiger partial charge in [-0.3, -0.25) is 28.8 Å². The van der Waals surface area contributed by atoms with E-state index in [0.717, 1.165) is 11.1 Å². The molecule has 2 aromatic carbocycles. The van der Waals surface area contributed by atoms with E-state index in [0.29, 0.717) is 75.5 Å². The lowest BCUT2D eigenvalue weighted by Gasteiger charge is -2.25. The molecule has 12 heteroatoms. The predicted octanol–water partition coefficient (Wildman–Crippen LogP) is 6.15. The number of carbonyl (C=O) groups excluding carboxylic acids is 6. The second kappa shape index (κ2) is 19.3. The molecule has 0 bridgehead atoms. The van der Waals surface area contributed by atoms with E-state index in [1.54, 1.807) is 59.7 Å². The number of benzene rings is 2. The van der Waals surface area contributed by atoms with Crippen LogP contribution in [-0.4, -0.2) is 69.5 Å². The Labute approximate surface area is 333 Å². The van der Waals surface area contributed by atoms with Gasteiger partial charge in [-0.05, 0) is 123 Å². The maximum Gasteiger partial charge on any atom is 0.251 e. The largest absolute Gasteiger partial charge is 0.380 e. The third kappa shape index (κ3) is 11.4. The van der Waals surface area contributed by atoms with Gasteiger partial charge < -0.3 is 20.8 Å². The molecule has 0 spiro atoms. The molecule has 2 aliphatic rings. The van der Waals surface area contributed by atoms with Crippen LogP contribution in [0.4, 0.5) is 4.39 Å². The Morgan fingerprint density at radius 2 is 0.982 bits per heavy atom. The molecule has 2 atom stereocenters. The standard InChI is InChI=1S/C22H26ClNO4.C22H26FNO4/c1-13-14(2)20(26)17(15(3)19(13)25)9-11-22(4,28)21(27)24-12-10-16-7-5-6-8-18(16)23;1-13-14(2)20(26)18(15(3)19(13)25)9-11-22(4,28)21(27)24-12-10-16-5-7-17(23)8-6-16/h2*5-8,28H,9-12H2,1-4H3,(H,24,27). The first-order valence-corrected chi connectivity index (χ1v) is 18.9. The molecule has 0 saturated carbocycles. The van der Waals surface area contributed by atoms with Gasteiger partial charge in [0, 0.05) is 62.7 Å². The zero-order valence-corrected chi connectivity index (χ0v) is 34.1. The Hall–Kier alpha value is -4.84. The average molecular weight is 791 g/mol. The molecule has 0 heterocycles. The van der Waals surface area contributed by atoms with Crippen LogP contribution in [0.2, 0.25) is 5.02 Å². The van der Waals surface area contributed by atoms with Crippen molar-refractivity contribution in [2.75, 3.05) is 13.1 Å². The molecule has 2 aromatic rings. The fraction of sp³-hybridized carbons (Fsp3) is 0.409. The van der Waals surface area contributed by atoms with E-state index in [-0.39, 0.29) is 54.6 Å². The third-order valence-corrected chi connectivity index (χ3v) is 10.9. The molecule has 2 amide bonds. The highest BCUT2D eigenvalue weighted by Gasteiger charge is 2.35. The van der Waals surface area contributed by atoms with Gasteiger partial charge in [0.05, 0.1) is 0 Å². The lowest BCUT2D eigenvalue weighted by molar-refractivity contribution is -0.139. The maximum atomic E-state index is 12.9. The van der Waals surface area contributed by atoms with Crippen molar-refractivity contribution in [2.24, 2.45) is 0 Å². The number of hydrogen-bond donors (Lipinski definition) is 4. The number of allylic oxidation sites excluding steroid dienone is 8. The summed E-state index contributed by atoms with van der Waals surface area (Å²) in [5.74, 6) is -2.11. The second-order valence-electron chi connectivity index (χ2n) is 14.8. The lowest BCUT2D eigenvalue weighted by Crippen LogP contribution is -2.45. The predicted molar refractivity (Wildman–Crippen MR) is 213 cm³/mol. The van der Waals surface area contributed by atoms with Crippen molar-refractivity contribution in [2.45, 2.75) is 105 Å². The van der Waals surface area contributed by atoms with Crippen LogP contribution < -0.4 is 10.6 Å². The average Bonchev–Trinajstić information content (AvgIpc) is 3.16. The fourth-order valence-corrected chi connectivity index (χ4v) is 6.47. The van der Waals surface area contributed by atoms with Crippen LogP contribution in [0.15, 0.2) is 93.1 Å². The number of halogens is 2. The van der Waals surface area contributed by atoms with E-state index < -0.39 is 23.0 Å². The fourth-order valence-electron chi connectivity index (χ4n) is 6.24. The molecule has 56 heavy (non-hydrogen) atoms. The number of hydrogen-bond acceptors (Lipinski definition) is 8. The Balaban J connectivity index is 0.000000300. The molecule has 2 unspecified atom stereocenters. The summed E-state index contributed by atoms with van der Waals surface area (Å²) in [5.41, 5.74) is 1.67. The number of amides is 2. The number of ketones is 4. The summed E-state index contributed by atoms with van der Waals surface area (Å²) in [5, 5.41) is 27.1. The molecule has 0 fully saturated rings. The maximum absolute atomic E-state index is 12.9. The van der Waals surface area contributed by atoms with Crippen LogP contribution in [-0.2, 0) is 41.6 Å². The topological polar surface area (TPSA) is 167 Å². The summed E-state index contributed by atoms with van der Waals surface area (Å²) < 4.78 is 12.9. The van der Waals surface area contributed by atoms with Crippen LogP contribution in [0, 0.1) is 5.82 Å². The second-order valence-corrected chi connectivity index (χ2v) is 15.2. The molecule has 4 rings (SSSR count). The van der Waals surface area contributed by atoms with Crippen molar-refractivity contribution in [1.82, 2.24) is 10.6 Å². The zero-order chi connectivity index (χ0) is 42.1. The first-order chi connectivity index (χ1) is 26.1. The van der Waals surface area contributed by atoms with Gasteiger partial charge in [-0.1, -0.05) is 41.9 Å². The number of rotatable bonds is 14. The molecule has 4 N–H and O–H groups in total. The molecule has 10 nitrogen and oxygen atoms in total. The summed E-state index contributed by atoms with van der Waals surface area (Å²) in [4.78, 5) is 74.1. The van der Waals surface area contributed by atoms with E-state index in [2.05, 4.69) is 10.6 Å². The van der Waals surface area contributed by atoms with Crippen LogP contribution in [0.3, 0.4) is 0 Å². The van der Waals surface area contributed by atoms with Crippen molar-refractivity contribution in [3.63, 3.8) is 0 Å². The lowest BCUT2D eigenvalue weighted by atomic mass is 9.82. The minimum Gasteiger partial charge on any atom is -0.380 e. The molecule has 0 aliphatic heterocycles. The highest BCUT2D eigenvalue weighted by molar-refractivity contribution is 6.31. The zero-order valence-electron chi connectivity index (χ0n) is 33.4. The summed E-state index contributed by atoms with van der Waals surface area (Å²) in [6.45, 7) is 13.1. The van der Waals surface area contributed by atoms with Gasteiger partial charge in [0.15, 0.2) is 23.1 Å². The summed E-state index contributed by atoms with van der Waals surface area (Å²) in [7, 11) is 0. The molecule has 0 saturated heterocycles. The van der Waals surface area contributed by atoms with E-state index in [4.69, 9.17) is 11.6 Å². The minimum atomic E-state index is -1.68. The Morgan fingerprint density at radius 1 is 0.589 bits per heavy atom. The van der Waals surface area contributed by atoms with Crippen molar-refractivity contribution >= 4 is 46.5 Å². The van der Waals surface area contributed by atoms with Crippen molar-refractivity contribution in [3.05, 3.63) is 115 Å². The SMILES string of the molecule is CC1=C(C)C(=O)C(CCC(C)(O)C(=O)NCCc2ccc(F)cc2)=C(C)C1=O.CC1=C(C)C(=O)C(CCC(C)(O)C(=O)NCCc2ccccc2Cl)=C(C)C1=O. The Bertz CT molecular complexity index is 2040. The van der Waals surface area contributed by atoms with E-state index >= 15 is 0 Å². The Kier molecular flexibility index (Phi) is 15.7. The quantitative estimate of drug-likeness (QED) is 0.165.